The first-order valence-corrected chi connectivity index (χ1v) is 15.5. The first-order valence-electron chi connectivity index (χ1n) is 13.3. The molecule has 41 heavy (non-hydrogen) atoms. The number of ether oxygens (including phenoxy) is 1. The number of hydrogen-bond acceptors (Lipinski definition) is 5. The Labute approximate surface area is 252 Å². The van der Waals surface area contributed by atoms with Crippen molar-refractivity contribution < 1.29 is 22.7 Å². The number of carbonyl (C=O) groups is 2. The fourth-order valence-corrected chi connectivity index (χ4v) is 5.99. The van der Waals surface area contributed by atoms with Gasteiger partial charge in [0.2, 0.25) is 11.8 Å². The smallest absolute Gasteiger partial charge is 0.264 e. The lowest BCUT2D eigenvalue weighted by atomic mass is 10.1. The molecule has 0 aromatic heterocycles. The number of halogens is 2. The largest absolute Gasteiger partial charge is 0.497 e. The monoisotopic (exact) mass is 619 g/mol. The molecule has 2 amide bonds. The van der Waals surface area contributed by atoms with E-state index < -0.39 is 28.5 Å². The molecule has 3 aromatic carbocycles. The summed E-state index contributed by atoms with van der Waals surface area (Å²) in [5, 5.41) is 3.68. The Morgan fingerprint density at radius 3 is 2.22 bits per heavy atom. The summed E-state index contributed by atoms with van der Waals surface area (Å²) >= 11 is 12.7. The van der Waals surface area contributed by atoms with E-state index in [2.05, 4.69) is 5.32 Å². The van der Waals surface area contributed by atoms with Gasteiger partial charge < -0.3 is 15.0 Å². The van der Waals surface area contributed by atoms with Gasteiger partial charge in [0.05, 0.1) is 17.7 Å². The van der Waals surface area contributed by atoms with E-state index in [1.165, 1.54) is 42.3 Å². The zero-order chi connectivity index (χ0) is 30.2. The van der Waals surface area contributed by atoms with Crippen LogP contribution in [0.2, 0.25) is 10.0 Å². The molecular weight excluding hydrogens is 585 g/mol. The highest BCUT2D eigenvalue weighted by Crippen LogP contribution is 2.28. The summed E-state index contributed by atoms with van der Waals surface area (Å²) in [6.45, 7) is 5.07. The van der Waals surface area contributed by atoms with Crippen LogP contribution in [0.15, 0.2) is 77.7 Å². The van der Waals surface area contributed by atoms with Crippen LogP contribution in [0.3, 0.4) is 0 Å². The van der Waals surface area contributed by atoms with Crippen molar-refractivity contribution in [3.8, 4) is 5.75 Å². The second kappa shape index (κ2) is 14.6. The molecule has 8 nitrogen and oxygen atoms in total. The van der Waals surface area contributed by atoms with Crippen molar-refractivity contribution >= 4 is 50.7 Å². The number of nitrogens with one attached hydrogen (secondary N) is 1. The molecule has 220 valence electrons. The van der Waals surface area contributed by atoms with Crippen LogP contribution in [0.5, 0.6) is 5.75 Å². The summed E-state index contributed by atoms with van der Waals surface area (Å²) in [5.74, 6) is -0.416. The van der Waals surface area contributed by atoms with E-state index in [0.29, 0.717) is 34.2 Å². The Bertz CT molecular complexity index is 1450. The Morgan fingerprint density at radius 1 is 0.951 bits per heavy atom. The normalized spacial score (nSPS) is 12.7. The lowest BCUT2D eigenvalue weighted by Gasteiger charge is -2.34. The van der Waals surface area contributed by atoms with Crippen LogP contribution >= 0.6 is 23.2 Å². The molecule has 1 N–H and O–H groups in total. The van der Waals surface area contributed by atoms with Crippen LogP contribution in [0.1, 0.15) is 39.2 Å². The van der Waals surface area contributed by atoms with Crippen molar-refractivity contribution in [2.75, 3.05) is 18.0 Å². The Balaban J connectivity index is 2.07. The van der Waals surface area contributed by atoms with Crippen LogP contribution in [0, 0.1) is 0 Å². The van der Waals surface area contributed by atoms with Crippen molar-refractivity contribution in [3.63, 3.8) is 0 Å². The average Bonchev–Trinajstić information content (AvgIpc) is 2.96. The predicted octanol–water partition coefficient (Wildman–Crippen LogP) is 5.92. The minimum absolute atomic E-state index is 0.0108. The highest BCUT2D eigenvalue weighted by Gasteiger charge is 2.34. The molecule has 0 heterocycles. The van der Waals surface area contributed by atoms with E-state index in [-0.39, 0.29) is 29.1 Å². The van der Waals surface area contributed by atoms with Gasteiger partial charge in [-0.1, -0.05) is 61.3 Å². The van der Waals surface area contributed by atoms with E-state index in [4.69, 9.17) is 27.9 Å². The van der Waals surface area contributed by atoms with Gasteiger partial charge in [-0.15, -0.1) is 0 Å². The number of anilines is 1. The highest BCUT2D eigenvalue weighted by atomic mass is 35.5. The van der Waals surface area contributed by atoms with Gasteiger partial charge in [-0.25, -0.2) is 8.42 Å². The number of methoxy groups -OCH3 is 1. The summed E-state index contributed by atoms with van der Waals surface area (Å²) in [5.41, 5.74) is 0.834. The molecule has 0 aliphatic heterocycles. The molecule has 0 unspecified atom stereocenters. The maximum Gasteiger partial charge on any atom is 0.264 e. The summed E-state index contributed by atoms with van der Waals surface area (Å²) in [4.78, 5) is 28.8. The maximum absolute atomic E-state index is 14.1. The van der Waals surface area contributed by atoms with Crippen LogP contribution in [-0.2, 0) is 26.2 Å². The summed E-state index contributed by atoms with van der Waals surface area (Å²) in [7, 11) is -2.75. The summed E-state index contributed by atoms with van der Waals surface area (Å²) < 4.78 is 34.1. The van der Waals surface area contributed by atoms with Crippen molar-refractivity contribution in [1.29, 1.82) is 0 Å². The number of nitrogens with zero attached hydrogens (tertiary/aromatic N) is 2. The number of benzene rings is 3. The summed E-state index contributed by atoms with van der Waals surface area (Å²) in [6, 6.07) is 18.2. The van der Waals surface area contributed by atoms with E-state index in [9.17, 15) is 18.0 Å². The van der Waals surface area contributed by atoms with Gasteiger partial charge in [0.1, 0.15) is 18.3 Å². The molecule has 0 saturated carbocycles. The first-order chi connectivity index (χ1) is 19.5. The minimum Gasteiger partial charge on any atom is -0.497 e. The van der Waals surface area contributed by atoms with Crippen molar-refractivity contribution in [2.45, 2.75) is 57.1 Å². The molecule has 3 rings (SSSR count). The molecule has 0 fully saturated rings. The van der Waals surface area contributed by atoms with Gasteiger partial charge in [-0.05, 0) is 73.9 Å². The van der Waals surface area contributed by atoms with Gasteiger partial charge in [0, 0.05) is 22.6 Å². The topological polar surface area (TPSA) is 96.0 Å². The van der Waals surface area contributed by atoms with Gasteiger partial charge in [-0.3, -0.25) is 13.9 Å². The molecule has 11 heteroatoms. The quantitative estimate of drug-likeness (QED) is 0.256. The molecule has 0 aliphatic carbocycles. The minimum atomic E-state index is -4.24. The number of rotatable bonds is 13. The SMILES string of the molecule is CC[C@@H](C)NC(=O)[C@@H](CC)N(Cc1ccccc1Cl)C(=O)CN(c1cccc(Cl)c1)S(=O)(=O)c1ccc(OC)cc1. The standard InChI is InChI=1S/C30H35Cl2N3O5S/c1-5-21(3)33-30(37)28(6-2)34(19-22-10-7-8-13-27(22)32)29(36)20-35(24-12-9-11-23(31)18-24)41(38,39)26-16-14-25(40-4)15-17-26/h7-18,21,28H,5-6,19-20H2,1-4H3,(H,33,37)/t21-,28-/m1/s1. The molecule has 0 spiro atoms. The number of amides is 2. The second-order valence-corrected chi connectivity index (χ2v) is 12.2. The lowest BCUT2D eigenvalue weighted by Crippen LogP contribution is -2.53. The Morgan fingerprint density at radius 2 is 1.63 bits per heavy atom. The molecule has 0 saturated heterocycles. The maximum atomic E-state index is 14.1. The molecule has 0 radical (unpaired) electrons. The van der Waals surface area contributed by atoms with E-state index in [0.717, 1.165) is 4.31 Å². The number of sulfonamides is 1. The van der Waals surface area contributed by atoms with Gasteiger partial charge >= 0.3 is 0 Å². The highest BCUT2D eigenvalue weighted by molar-refractivity contribution is 7.92. The van der Waals surface area contributed by atoms with Gasteiger partial charge in [0.25, 0.3) is 10.0 Å². The average molecular weight is 621 g/mol. The van der Waals surface area contributed by atoms with Gasteiger partial charge in [0.15, 0.2) is 0 Å². The zero-order valence-corrected chi connectivity index (χ0v) is 25.8. The molecule has 2 atom stereocenters. The third kappa shape index (κ3) is 8.15. The van der Waals surface area contributed by atoms with Crippen LogP contribution < -0.4 is 14.4 Å². The molecular formula is C30H35Cl2N3O5S. The molecule has 0 bridgehead atoms. The third-order valence-corrected chi connectivity index (χ3v) is 9.10. The Kier molecular flexibility index (Phi) is 11.5. The number of carbonyl (C=O) groups excluding carboxylic acids is 2. The van der Waals surface area contributed by atoms with E-state index in [1.807, 2.05) is 13.8 Å². The fourth-order valence-electron chi connectivity index (χ4n) is 4.21. The lowest BCUT2D eigenvalue weighted by molar-refractivity contribution is -0.140. The molecule has 3 aromatic rings. The van der Waals surface area contributed by atoms with Crippen LogP contribution in [0.25, 0.3) is 0 Å². The number of hydrogen-bond donors (Lipinski definition) is 1. The van der Waals surface area contributed by atoms with Crippen molar-refractivity contribution in [3.05, 3.63) is 88.4 Å². The van der Waals surface area contributed by atoms with E-state index >= 15 is 0 Å². The third-order valence-electron chi connectivity index (χ3n) is 6.71. The van der Waals surface area contributed by atoms with Crippen molar-refractivity contribution in [1.82, 2.24) is 10.2 Å². The Hall–Kier alpha value is -3.27. The second-order valence-electron chi connectivity index (χ2n) is 9.52. The fraction of sp³-hybridized carbons (Fsp3) is 0.333. The van der Waals surface area contributed by atoms with Crippen molar-refractivity contribution in [2.24, 2.45) is 0 Å². The van der Waals surface area contributed by atoms with Gasteiger partial charge in [-0.2, -0.15) is 0 Å². The van der Waals surface area contributed by atoms with E-state index in [1.54, 1.807) is 49.4 Å². The van der Waals surface area contributed by atoms with Crippen LogP contribution in [-0.4, -0.2) is 50.9 Å². The van der Waals surface area contributed by atoms with Crippen LogP contribution in [0.4, 0.5) is 5.69 Å². The molecule has 0 aliphatic rings. The first kappa shape index (κ1) is 32.2. The predicted molar refractivity (Wildman–Crippen MR) is 163 cm³/mol. The zero-order valence-electron chi connectivity index (χ0n) is 23.5. The summed E-state index contributed by atoms with van der Waals surface area (Å²) in [6.07, 6.45) is 1.02.